The van der Waals surface area contributed by atoms with E-state index < -0.39 is 5.91 Å². The van der Waals surface area contributed by atoms with Crippen LogP contribution in [0.2, 0.25) is 0 Å². The van der Waals surface area contributed by atoms with E-state index in [2.05, 4.69) is 34.6 Å². The van der Waals surface area contributed by atoms with Gasteiger partial charge in [-0.15, -0.1) is 10.2 Å². The van der Waals surface area contributed by atoms with Gasteiger partial charge in [-0.2, -0.15) is 0 Å². The second-order valence-electron chi connectivity index (χ2n) is 6.84. The predicted molar refractivity (Wildman–Crippen MR) is 104 cm³/mol. The van der Waals surface area contributed by atoms with Crippen molar-refractivity contribution in [3.05, 3.63) is 41.2 Å². The summed E-state index contributed by atoms with van der Waals surface area (Å²) in [6, 6.07) is 8.18. The summed E-state index contributed by atoms with van der Waals surface area (Å²) in [4.78, 5) is 23.7. The van der Waals surface area contributed by atoms with Crippen molar-refractivity contribution in [2.24, 2.45) is 5.73 Å². The molecule has 2 aromatic rings. The molecule has 0 saturated heterocycles. The number of aromatic nitrogens is 3. The highest BCUT2D eigenvalue weighted by atomic mass is 32.2. The number of carbonyl (C=O) groups is 2. The van der Waals surface area contributed by atoms with E-state index in [1.54, 1.807) is 4.57 Å². The Bertz CT molecular complexity index is 814. The first-order valence-electron chi connectivity index (χ1n) is 9.20. The van der Waals surface area contributed by atoms with Gasteiger partial charge in [0.15, 0.2) is 5.16 Å². The van der Waals surface area contributed by atoms with Crippen LogP contribution >= 0.6 is 11.8 Å². The van der Waals surface area contributed by atoms with Crippen LogP contribution in [0.3, 0.4) is 0 Å². The molecule has 2 amide bonds. The maximum absolute atomic E-state index is 12.3. The number of carbonyl (C=O) groups excluding carboxylic acids is 2. The van der Waals surface area contributed by atoms with Crippen molar-refractivity contribution in [3.63, 3.8) is 0 Å². The lowest BCUT2D eigenvalue weighted by Gasteiger charge is -2.15. The molecule has 7 nitrogen and oxygen atoms in total. The molecule has 3 rings (SSSR count). The second kappa shape index (κ2) is 8.56. The van der Waals surface area contributed by atoms with Gasteiger partial charge < -0.3 is 11.1 Å². The minimum Gasteiger partial charge on any atom is -0.368 e. The molecule has 0 bridgehead atoms. The minimum atomic E-state index is -0.438. The zero-order valence-corrected chi connectivity index (χ0v) is 16.5. The van der Waals surface area contributed by atoms with Crippen molar-refractivity contribution in [1.82, 2.24) is 20.1 Å². The van der Waals surface area contributed by atoms with Gasteiger partial charge in [0, 0.05) is 5.92 Å². The van der Waals surface area contributed by atoms with Gasteiger partial charge in [0.25, 0.3) is 0 Å². The van der Waals surface area contributed by atoms with Crippen molar-refractivity contribution < 1.29 is 9.59 Å². The summed E-state index contributed by atoms with van der Waals surface area (Å²) in [5, 5.41) is 11.9. The number of aryl methyl sites for hydroxylation is 1. The second-order valence-corrected chi connectivity index (χ2v) is 7.78. The molecule has 8 heteroatoms. The van der Waals surface area contributed by atoms with Crippen molar-refractivity contribution in [2.45, 2.75) is 56.8 Å². The Hall–Kier alpha value is -2.35. The van der Waals surface area contributed by atoms with Crippen molar-refractivity contribution >= 4 is 23.6 Å². The Kier molecular flexibility index (Phi) is 6.15. The number of rotatable bonds is 9. The van der Waals surface area contributed by atoms with Gasteiger partial charge in [0.05, 0.1) is 11.8 Å². The number of amides is 2. The molecule has 0 spiro atoms. The fraction of sp³-hybridized carbons (Fsp3) is 0.474. The van der Waals surface area contributed by atoms with E-state index >= 15 is 0 Å². The van der Waals surface area contributed by atoms with Crippen LogP contribution in [-0.2, 0) is 22.6 Å². The molecule has 1 unspecified atom stereocenters. The molecule has 1 fully saturated rings. The van der Waals surface area contributed by atoms with Crippen LogP contribution in [-0.4, -0.2) is 32.3 Å². The van der Waals surface area contributed by atoms with Gasteiger partial charge in [-0.25, -0.2) is 0 Å². The number of hydrogen-bond acceptors (Lipinski definition) is 5. The first kappa shape index (κ1) is 19.4. The van der Waals surface area contributed by atoms with Crippen LogP contribution in [0.25, 0.3) is 0 Å². The maximum atomic E-state index is 12.3. The number of hydrogen-bond donors (Lipinski definition) is 2. The average Bonchev–Trinajstić information content (AvgIpc) is 3.42. The van der Waals surface area contributed by atoms with E-state index in [0.717, 1.165) is 30.7 Å². The Morgan fingerprint density at radius 1 is 1.30 bits per heavy atom. The van der Waals surface area contributed by atoms with E-state index in [1.165, 1.54) is 17.3 Å². The summed E-state index contributed by atoms with van der Waals surface area (Å²) in [5.41, 5.74) is 7.68. The molecule has 1 saturated carbocycles. The predicted octanol–water partition coefficient (Wildman–Crippen LogP) is 2.17. The zero-order chi connectivity index (χ0) is 19.4. The SMILES string of the molecule is CCc1ccc(C(C)NC(=O)CSc2nnc(C3CC3)n2CC(N)=O)cc1. The summed E-state index contributed by atoms with van der Waals surface area (Å²) in [7, 11) is 0. The lowest BCUT2D eigenvalue weighted by Crippen LogP contribution is -2.28. The molecular formula is C19H25N5O2S. The number of primary amides is 1. The Labute approximate surface area is 163 Å². The van der Waals surface area contributed by atoms with Gasteiger partial charge in [-0.3, -0.25) is 14.2 Å². The summed E-state index contributed by atoms with van der Waals surface area (Å²) in [6.07, 6.45) is 3.10. The lowest BCUT2D eigenvalue weighted by molar-refractivity contribution is -0.119. The van der Waals surface area contributed by atoms with Gasteiger partial charge in [0.1, 0.15) is 12.4 Å². The molecule has 0 aliphatic heterocycles. The molecule has 27 heavy (non-hydrogen) atoms. The number of thioether (sulfide) groups is 1. The van der Waals surface area contributed by atoms with E-state index in [1.807, 2.05) is 19.1 Å². The Balaban J connectivity index is 1.57. The Morgan fingerprint density at radius 3 is 2.59 bits per heavy atom. The quantitative estimate of drug-likeness (QED) is 0.642. The summed E-state index contributed by atoms with van der Waals surface area (Å²) < 4.78 is 1.74. The molecule has 0 radical (unpaired) electrons. The third-order valence-corrected chi connectivity index (χ3v) is 5.57. The van der Waals surface area contributed by atoms with E-state index in [4.69, 9.17) is 5.73 Å². The topological polar surface area (TPSA) is 103 Å². The molecule has 1 atom stereocenters. The maximum Gasteiger partial charge on any atom is 0.237 e. The first-order chi connectivity index (χ1) is 13.0. The number of benzene rings is 1. The van der Waals surface area contributed by atoms with Crippen molar-refractivity contribution in [3.8, 4) is 0 Å². The first-order valence-corrected chi connectivity index (χ1v) is 10.2. The lowest BCUT2D eigenvalue weighted by atomic mass is 10.1. The average molecular weight is 388 g/mol. The van der Waals surface area contributed by atoms with Gasteiger partial charge >= 0.3 is 0 Å². The highest BCUT2D eigenvalue weighted by molar-refractivity contribution is 7.99. The van der Waals surface area contributed by atoms with Crippen molar-refractivity contribution in [2.75, 3.05) is 5.75 Å². The number of nitrogens with zero attached hydrogens (tertiary/aromatic N) is 3. The molecular weight excluding hydrogens is 362 g/mol. The fourth-order valence-electron chi connectivity index (χ4n) is 2.89. The van der Waals surface area contributed by atoms with Crippen LogP contribution in [0, 0.1) is 0 Å². The molecule has 1 heterocycles. The molecule has 144 valence electrons. The smallest absolute Gasteiger partial charge is 0.237 e. The largest absolute Gasteiger partial charge is 0.368 e. The minimum absolute atomic E-state index is 0.0446. The van der Waals surface area contributed by atoms with Gasteiger partial charge in [-0.1, -0.05) is 43.0 Å². The molecule has 1 aliphatic rings. The third-order valence-electron chi connectivity index (χ3n) is 4.60. The third kappa shape index (κ3) is 5.09. The monoisotopic (exact) mass is 387 g/mol. The normalized spacial score (nSPS) is 14.7. The summed E-state index contributed by atoms with van der Waals surface area (Å²) in [6.45, 7) is 4.12. The fourth-order valence-corrected chi connectivity index (χ4v) is 3.65. The standard InChI is InChI=1S/C19H25N5O2S/c1-3-13-4-6-14(7-5-13)12(2)21-17(26)11-27-19-23-22-18(15-8-9-15)24(19)10-16(20)25/h4-7,12,15H,3,8-11H2,1-2H3,(H2,20,25)(H,21,26). The van der Waals surface area contributed by atoms with E-state index in [-0.39, 0.29) is 24.2 Å². The van der Waals surface area contributed by atoms with Gasteiger partial charge in [0.2, 0.25) is 11.8 Å². The van der Waals surface area contributed by atoms with E-state index in [0.29, 0.717) is 11.1 Å². The van der Waals surface area contributed by atoms with Crippen LogP contribution in [0.4, 0.5) is 0 Å². The van der Waals surface area contributed by atoms with Crippen LogP contribution in [0.5, 0.6) is 0 Å². The van der Waals surface area contributed by atoms with Gasteiger partial charge in [-0.05, 0) is 37.3 Å². The Morgan fingerprint density at radius 2 is 2.00 bits per heavy atom. The molecule has 1 aliphatic carbocycles. The molecule has 1 aromatic carbocycles. The van der Waals surface area contributed by atoms with Crippen LogP contribution < -0.4 is 11.1 Å². The molecule has 3 N–H and O–H groups in total. The highest BCUT2D eigenvalue weighted by Crippen LogP contribution is 2.40. The number of nitrogens with one attached hydrogen (secondary N) is 1. The number of nitrogens with two attached hydrogens (primary N) is 1. The van der Waals surface area contributed by atoms with Crippen LogP contribution in [0.1, 0.15) is 55.6 Å². The highest BCUT2D eigenvalue weighted by Gasteiger charge is 2.31. The van der Waals surface area contributed by atoms with Crippen molar-refractivity contribution in [1.29, 1.82) is 0 Å². The summed E-state index contributed by atoms with van der Waals surface area (Å²) >= 11 is 1.28. The molecule has 1 aromatic heterocycles. The van der Waals surface area contributed by atoms with Crippen LogP contribution in [0.15, 0.2) is 29.4 Å². The van der Waals surface area contributed by atoms with E-state index in [9.17, 15) is 9.59 Å². The summed E-state index contributed by atoms with van der Waals surface area (Å²) in [5.74, 6) is 0.826. The zero-order valence-electron chi connectivity index (χ0n) is 15.6.